The number of ether oxygens (including phenoxy) is 2. The van der Waals surface area contributed by atoms with Crippen molar-refractivity contribution in [2.75, 3.05) is 13.7 Å². The van der Waals surface area contributed by atoms with E-state index in [4.69, 9.17) is 0 Å². The lowest BCUT2D eigenvalue weighted by Gasteiger charge is -2.41. The lowest BCUT2D eigenvalue weighted by molar-refractivity contribution is -0.453. The molecular formula is C13H14F15NO3Si. The van der Waals surface area contributed by atoms with Gasteiger partial charge in [0.25, 0.3) is 0 Å². The second-order valence-electron chi connectivity index (χ2n) is 6.69. The number of halogens is 15. The molecule has 0 radical (unpaired) electrons. The monoisotopic (exact) mass is 545 g/mol. The third-order valence-electron chi connectivity index (χ3n) is 3.90. The first-order valence-electron chi connectivity index (χ1n) is 8.06. The summed E-state index contributed by atoms with van der Waals surface area (Å²) in [5, 5.41) is 1.64. The minimum absolute atomic E-state index is 0.972. The van der Waals surface area contributed by atoms with Gasteiger partial charge in [0.15, 0.2) is 6.61 Å². The average molecular weight is 545 g/mol. The Balaban J connectivity index is 6.02. The molecule has 0 spiro atoms. The number of hydrogen-bond acceptors (Lipinski definition) is 3. The molecule has 0 aliphatic rings. The molecule has 0 aromatic carbocycles. The van der Waals surface area contributed by atoms with Gasteiger partial charge in [-0.15, -0.1) is 0 Å². The van der Waals surface area contributed by atoms with Crippen molar-refractivity contribution < 1.29 is 80.1 Å². The Morgan fingerprint density at radius 1 is 0.727 bits per heavy atom. The van der Waals surface area contributed by atoms with Crippen molar-refractivity contribution in [3.63, 3.8) is 0 Å². The zero-order valence-corrected chi connectivity index (χ0v) is 17.4. The number of carbonyl (C=O) groups excluding carboxylic acids is 1. The molecule has 0 aromatic rings. The number of hydrogen-bond donors (Lipinski definition) is 1. The van der Waals surface area contributed by atoms with Crippen LogP contribution in [0.25, 0.3) is 0 Å². The van der Waals surface area contributed by atoms with Crippen molar-refractivity contribution in [2.24, 2.45) is 0 Å². The topological polar surface area (TPSA) is 47.6 Å². The van der Waals surface area contributed by atoms with Gasteiger partial charge >= 0.3 is 47.8 Å². The molecule has 1 unspecified atom stereocenters. The fourth-order valence-corrected chi connectivity index (χ4v) is 2.92. The molecule has 198 valence electrons. The molecule has 0 saturated carbocycles. The first-order valence-corrected chi connectivity index (χ1v) is 11.0. The number of rotatable bonds is 10. The second-order valence-corrected chi connectivity index (χ2v) is 9.79. The molecule has 0 aromatic heterocycles. The molecule has 0 rings (SSSR count). The minimum atomic E-state index is -8.39. The van der Waals surface area contributed by atoms with Gasteiger partial charge in [0.2, 0.25) is 0 Å². The summed E-state index contributed by atoms with van der Waals surface area (Å²) in [6.45, 7) is -0.234. The fourth-order valence-electron chi connectivity index (χ4n) is 1.90. The van der Waals surface area contributed by atoms with Crippen LogP contribution in [0.4, 0.5) is 70.7 Å². The zero-order valence-electron chi connectivity index (χ0n) is 16.3. The number of carbonyl (C=O) groups is 1. The molecule has 1 atom stereocenters. The van der Waals surface area contributed by atoms with E-state index in [1.54, 1.807) is 5.32 Å². The molecule has 33 heavy (non-hydrogen) atoms. The van der Waals surface area contributed by atoms with Gasteiger partial charge in [-0.2, -0.15) is 65.9 Å². The third-order valence-corrected chi connectivity index (χ3v) is 5.55. The summed E-state index contributed by atoms with van der Waals surface area (Å²) in [6.07, 6.45) is -9.73. The Kier molecular flexibility index (Phi) is 8.77. The van der Waals surface area contributed by atoms with Crippen molar-refractivity contribution in [3.8, 4) is 0 Å². The van der Waals surface area contributed by atoms with Gasteiger partial charge in [0, 0.05) is 7.11 Å². The molecule has 1 amide bonds. The van der Waals surface area contributed by atoms with E-state index in [0.29, 0.717) is 0 Å². The summed E-state index contributed by atoms with van der Waals surface area (Å²) in [4.78, 5) is 11.3. The smallest absolute Gasteiger partial charge is 0.443 e. The van der Waals surface area contributed by atoms with Crippen molar-refractivity contribution >= 4 is 14.9 Å². The summed E-state index contributed by atoms with van der Waals surface area (Å²) in [6, 6.07) is 0. The highest BCUT2D eigenvalue weighted by Crippen LogP contribution is 2.62. The Morgan fingerprint density at radius 2 is 1.09 bits per heavy atom. The number of amides is 1. The SMILES string of the molecule is COC(NC(=O)OCC(F)(F)C(F)(F)C(F)(F)C(F)(F)C(F)(F)C(F)(F)C(F)(F)F)[SiH](C)C. The van der Waals surface area contributed by atoms with Crippen LogP contribution >= 0.6 is 0 Å². The van der Waals surface area contributed by atoms with E-state index in [2.05, 4.69) is 9.47 Å². The Bertz CT molecular complexity index is 695. The number of alkyl carbamates (subject to hydrolysis) is 1. The first-order chi connectivity index (χ1) is 14.3. The predicted molar refractivity (Wildman–Crippen MR) is 79.9 cm³/mol. The van der Waals surface area contributed by atoms with Crippen LogP contribution in [0, 0.1) is 0 Å². The summed E-state index contributed by atoms with van der Waals surface area (Å²) >= 11 is 0. The molecule has 0 bridgehead atoms. The van der Waals surface area contributed by atoms with Crippen LogP contribution in [-0.4, -0.2) is 76.2 Å². The van der Waals surface area contributed by atoms with E-state index in [1.807, 2.05) is 0 Å². The van der Waals surface area contributed by atoms with Crippen LogP contribution in [0.5, 0.6) is 0 Å². The maximum absolute atomic E-state index is 13.5. The van der Waals surface area contributed by atoms with Crippen LogP contribution in [0.15, 0.2) is 0 Å². The van der Waals surface area contributed by atoms with Crippen LogP contribution in [0.1, 0.15) is 0 Å². The van der Waals surface area contributed by atoms with E-state index in [0.717, 1.165) is 7.11 Å². The molecule has 0 saturated heterocycles. The lowest BCUT2D eigenvalue weighted by Crippen LogP contribution is -2.73. The Hall–Kier alpha value is -1.60. The van der Waals surface area contributed by atoms with Gasteiger partial charge in [-0.3, -0.25) is 5.32 Å². The van der Waals surface area contributed by atoms with Gasteiger partial charge < -0.3 is 9.47 Å². The van der Waals surface area contributed by atoms with Crippen LogP contribution in [-0.2, 0) is 9.47 Å². The Morgan fingerprint density at radius 3 is 1.42 bits per heavy atom. The van der Waals surface area contributed by atoms with Gasteiger partial charge in [-0.25, -0.2) is 4.79 Å². The predicted octanol–water partition coefficient (Wildman–Crippen LogP) is 5.09. The average Bonchev–Trinajstić information content (AvgIpc) is 2.62. The molecule has 0 heterocycles. The summed E-state index contributed by atoms with van der Waals surface area (Å²) < 4.78 is 203. The molecule has 0 aliphatic heterocycles. The molecule has 0 aliphatic carbocycles. The van der Waals surface area contributed by atoms with Crippen molar-refractivity contribution in [2.45, 2.75) is 60.7 Å². The van der Waals surface area contributed by atoms with Crippen molar-refractivity contribution in [1.29, 1.82) is 0 Å². The quantitative estimate of drug-likeness (QED) is 0.237. The highest BCUT2D eigenvalue weighted by molar-refractivity contribution is 6.57. The highest BCUT2D eigenvalue weighted by Gasteiger charge is 2.93. The fraction of sp³-hybridized carbons (Fsp3) is 0.923. The number of methoxy groups -OCH3 is 1. The van der Waals surface area contributed by atoms with E-state index in [9.17, 15) is 70.7 Å². The van der Waals surface area contributed by atoms with Gasteiger partial charge in [0.1, 0.15) is 5.85 Å². The molecule has 20 heteroatoms. The van der Waals surface area contributed by atoms with E-state index in [-0.39, 0.29) is 0 Å². The van der Waals surface area contributed by atoms with Gasteiger partial charge in [-0.05, 0) is 0 Å². The first kappa shape index (κ1) is 31.4. The summed E-state index contributed by atoms with van der Waals surface area (Å²) in [5.41, 5.74) is 0. The van der Waals surface area contributed by atoms with Crippen LogP contribution in [0.3, 0.4) is 0 Å². The van der Waals surface area contributed by atoms with Crippen LogP contribution in [0.2, 0.25) is 13.1 Å². The largest absolute Gasteiger partial charge is 0.460 e. The standard InChI is InChI=1S/C13H14F15NO3Si/c1-31-6(33(2)3)29-5(30)32-4-7(14,15)8(16,17)9(18,19)10(20,21)11(22,23)12(24,25)13(26,27)28/h6,33H,4H2,1-3H3,(H,29,30). The minimum Gasteiger partial charge on any atom is -0.443 e. The van der Waals surface area contributed by atoms with E-state index in [1.165, 1.54) is 13.1 Å². The highest BCUT2D eigenvalue weighted by atomic mass is 28.3. The lowest BCUT2D eigenvalue weighted by atomic mass is 9.91. The summed E-state index contributed by atoms with van der Waals surface area (Å²) in [7, 11) is -1.01. The molecule has 1 N–H and O–H groups in total. The van der Waals surface area contributed by atoms with Crippen molar-refractivity contribution in [3.05, 3.63) is 0 Å². The molecular weight excluding hydrogens is 531 g/mol. The maximum Gasteiger partial charge on any atom is 0.460 e. The zero-order chi connectivity index (χ0) is 27.1. The third kappa shape index (κ3) is 5.24. The normalized spacial score (nSPS) is 16.1. The second kappa shape index (κ2) is 9.21. The van der Waals surface area contributed by atoms with Gasteiger partial charge in [-0.1, -0.05) is 13.1 Å². The number of nitrogens with one attached hydrogen (secondary N) is 1. The van der Waals surface area contributed by atoms with E-state index >= 15 is 0 Å². The summed E-state index contributed by atoms with van der Waals surface area (Å²) in [5.74, 6) is -48.6. The molecule has 4 nitrogen and oxygen atoms in total. The van der Waals surface area contributed by atoms with E-state index < -0.39 is 69.1 Å². The van der Waals surface area contributed by atoms with Crippen LogP contribution < -0.4 is 5.32 Å². The number of alkyl halides is 15. The maximum atomic E-state index is 13.5. The molecule has 0 fully saturated rings. The van der Waals surface area contributed by atoms with Gasteiger partial charge in [0.05, 0.1) is 8.80 Å². The Labute approximate surface area is 176 Å². The van der Waals surface area contributed by atoms with Crippen molar-refractivity contribution in [1.82, 2.24) is 5.32 Å².